The summed E-state index contributed by atoms with van der Waals surface area (Å²) in [4.78, 5) is 24.2. The Labute approximate surface area is 258 Å². The lowest BCUT2D eigenvalue weighted by Crippen LogP contribution is -2.49. The lowest BCUT2D eigenvalue weighted by Gasteiger charge is -2.38. The van der Waals surface area contributed by atoms with Crippen LogP contribution in [0, 0.1) is 19.3 Å². The number of pyridine rings is 3. The Morgan fingerprint density at radius 2 is 1.89 bits per heavy atom. The first-order valence-corrected chi connectivity index (χ1v) is 14.8. The van der Waals surface area contributed by atoms with E-state index in [2.05, 4.69) is 20.1 Å². The number of alkyl halides is 3. The van der Waals surface area contributed by atoms with Gasteiger partial charge in [-0.3, -0.25) is 19.1 Å². The van der Waals surface area contributed by atoms with Crippen LogP contribution in [-0.2, 0) is 28.8 Å². The van der Waals surface area contributed by atoms with Crippen molar-refractivity contribution in [3.05, 3.63) is 82.2 Å². The second kappa shape index (κ2) is 11.4. The Kier molecular flexibility index (Phi) is 7.80. The van der Waals surface area contributed by atoms with Crippen molar-refractivity contribution in [2.75, 3.05) is 19.8 Å². The summed E-state index contributed by atoms with van der Waals surface area (Å²) >= 11 is 0. The molecule has 1 fully saturated rings. The van der Waals surface area contributed by atoms with Gasteiger partial charge >= 0.3 is 12.1 Å². The molecule has 45 heavy (non-hydrogen) atoms. The molecule has 10 nitrogen and oxygen atoms in total. The molecule has 0 bridgehead atoms. The van der Waals surface area contributed by atoms with Gasteiger partial charge in [0.2, 0.25) is 11.7 Å². The molecule has 1 spiro atoms. The maximum Gasteiger partial charge on any atom is 0.452 e. The minimum Gasteiger partial charge on any atom is -0.481 e. The monoisotopic (exact) mass is 624 g/mol. The van der Waals surface area contributed by atoms with Gasteiger partial charge in [-0.1, -0.05) is 6.07 Å². The van der Waals surface area contributed by atoms with E-state index in [4.69, 9.17) is 14.5 Å². The molecule has 0 aromatic carbocycles. The molecule has 1 unspecified atom stereocenters. The zero-order valence-electron chi connectivity index (χ0n) is 25.6. The van der Waals surface area contributed by atoms with Gasteiger partial charge in [-0.2, -0.15) is 13.2 Å². The van der Waals surface area contributed by atoms with Crippen LogP contribution in [0.15, 0.2) is 42.9 Å². The summed E-state index contributed by atoms with van der Waals surface area (Å²) in [6.45, 7) is 9.79. The summed E-state index contributed by atoms with van der Waals surface area (Å²) in [5.74, 6) is -2.38. The van der Waals surface area contributed by atoms with Crippen LogP contribution in [-0.4, -0.2) is 65.9 Å². The number of hydrogen-bond acceptors (Lipinski definition) is 8. The van der Waals surface area contributed by atoms with Crippen molar-refractivity contribution in [1.82, 2.24) is 29.5 Å². The normalized spacial score (nSPS) is 17.9. The third-order valence-corrected chi connectivity index (χ3v) is 9.10. The first kappa shape index (κ1) is 30.9. The van der Waals surface area contributed by atoms with Crippen LogP contribution in [0.5, 0.6) is 5.88 Å². The van der Waals surface area contributed by atoms with Gasteiger partial charge in [-0.05, 0) is 68.1 Å². The molecular formula is C32H35F3N6O4. The van der Waals surface area contributed by atoms with Crippen molar-refractivity contribution in [1.29, 1.82) is 0 Å². The largest absolute Gasteiger partial charge is 0.481 e. The molecule has 0 radical (unpaired) electrons. The van der Waals surface area contributed by atoms with Crippen LogP contribution in [0.1, 0.15) is 71.9 Å². The molecule has 0 aliphatic carbocycles. The van der Waals surface area contributed by atoms with E-state index in [-0.39, 0.29) is 5.65 Å². The first-order valence-electron chi connectivity index (χ1n) is 14.8. The molecule has 1 N–H and O–H groups in total. The van der Waals surface area contributed by atoms with Crippen molar-refractivity contribution in [3.8, 4) is 5.88 Å². The minimum atomic E-state index is -4.70. The molecule has 0 amide bonds. The topological polar surface area (TPSA) is 115 Å². The Bertz CT molecular complexity index is 1750. The Morgan fingerprint density at radius 3 is 2.60 bits per heavy atom. The number of nitrogens with zero attached hydrogens (tertiary/aromatic N) is 6. The third-order valence-electron chi connectivity index (χ3n) is 9.10. The van der Waals surface area contributed by atoms with E-state index in [9.17, 15) is 23.1 Å². The zero-order chi connectivity index (χ0) is 32.1. The van der Waals surface area contributed by atoms with E-state index < -0.39 is 34.9 Å². The predicted molar refractivity (Wildman–Crippen MR) is 157 cm³/mol. The van der Waals surface area contributed by atoms with Gasteiger partial charge in [0, 0.05) is 68.2 Å². The van der Waals surface area contributed by atoms with Crippen LogP contribution in [0.2, 0.25) is 0 Å². The number of carboxylic acids is 1. The predicted octanol–water partition coefficient (Wildman–Crippen LogP) is 5.34. The number of aryl methyl sites for hydroxylation is 2. The maximum absolute atomic E-state index is 13.6. The highest BCUT2D eigenvalue weighted by atomic mass is 19.4. The first-order chi connectivity index (χ1) is 21.3. The highest BCUT2D eigenvalue weighted by Gasteiger charge is 2.43. The lowest BCUT2D eigenvalue weighted by atomic mass is 9.71. The Balaban J connectivity index is 1.41. The van der Waals surface area contributed by atoms with Crippen molar-refractivity contribution in [3.63, 3.8) is 0 Å². The van der Waals surface area contributed by atoms with Crippen LogP contribution in [0.25, 0.3) is 5.65 Å². The number of carbonyl (C=O) groups is 1. The SMILES string of the molecule is Cc1cnc(C(c2ccn3c(C(F)(F)F)nnc3c2C)C(C)(C)C(=O)O)cc1CN1Cc2cccnc2OC2(CCOCC2)C1. The van der Waals surface area contributed by atoms with Crippen LogP contribution < -0.4 is 4.74 Å². The van der Waals surface area contributed by atoms with Gasteiger partial charge in [0.1, 0.15) is 5.60 Å². The molecule has 238 valence electrons. The van der Waals surface area contributed by atoms with Crippen molar-refractivity contribution in [2.24, 2.45) is 5.41 Å². The van der Waals surface area contributed by atoms with E-state index in [1.54, 1.807) is 33.2 Å². The van der Waals surface area contributed by atoms with Gasteiger partial charge < -0.3 is 14.6 Å². The van der Waals surface area contributed by atoms with E-state index in [0.717, 1.165) is 33.9 Å². The molecule has 1 saturated heterocycles. The Morgan fingerprint density at radius 1 is 1.13 bits per heavy atom. The number of ether oxygens (including phenoxy) is 2. The van der Waals surface area contributed by atoms with Gasteiger partial charge in [-0.25, -0.2) is 4.98 Å². The number of aromatic nitrogens is 5. The Hall–Kier alpha value is -4.10. The molecule has 6 rings (SSSR count). The van der Waals surface area contributed by atoms with Crippen molar-refractivity contribution < 1.29 is 32.5 Å². The van der Waals surface area contributed by atoms with Crippen molar-refractivity contribution in [2.45, 2.75) is 71.3 Å². The average Bonchev–Trinajstić information content (AvgIpc) is 3.37. The molecule has 1 atom stereocenters. The maximum atomic E-state index is 13.6. The third kappa shape index (κ3) is 5.74. The second-order valence-corrected chi connectivity index (χ2v) is 12.6. The number of aliphatic carboxylic acids is 1. The number of rotatable bonds is 6. The fourth-order valence-electron chi connectivity index (χ4n) is 6.49. The molecular weight excluding hydrogens is 589 g/mol. The van der Waals surface area contributed by atoms with Gasteiger partial charge in [0.25, 0.3) is 0 Å². The molecule has 0 saturated carbocycles. The molecule has 4 aromatic rings. The van der Waals surface area contributed by atoms with Crippen LogP contribution in [0.3, 0.4) is 0 Å². The summed E-state index contributed by atoms with van der Waals surface area (Å²) in [7, 11) is 0. The number of halogens is 3. The number of hydrogen-bond donors (Lipinski definition) is 1. The highest BCUT2D eigenvalue weighted by Crippen LogP contribution is 2.43. The molecule has 6 heterocycles. The standard InChI is InChI=1S/C32H35F3N6O4/c1-19-15-37-24(14-22(19)17-40-16-21-6-5-10-36-27(21)45-31(18-40)8-12-44-13-9-31)25(30(3,4)29(42)43)23-7-11-41-26(20(23)2)38-39-28(41)32(33,34)35/h5-7,10-11,14-15,25H,8-9,12-13,16-18H2,1-4H3,(H,42,43). The zero-order valence-corrected chi connectivity index (χ0v) is 25.6. The quantitative estimate of drug-likeness (QED) is 0.304. The summed E-state index contributed by atoms with van der Waals surface area (Å²) in [6.07, 6.45) is 1.48. The molecule has 13 heteroatoms. The highest BCUT2D eigenvalue weighted by molar-refractivity contribution is 5.76. The van der Waals surface area contributed by atoms with Gasteiger partial charge in [0.15, 0.2) is 5.65 Å². The molecule has 2 aliphatic heterocycles. The van der Waals surface area contributed by atoms with Crippen LogP contribution >= 0.6 is 0 Å². The fourth-order valence-corrected chi connectivity index (χ4v) is 6.49. The lowest BCUT2D eigenvalue weighted by molar-refractivity contribution is -0.147. The summed E-state index contributed by atoms with van der Waals surface area (Å²) in [5, 5.41) is 17.5. The minimum absolute atomic E-state index is 0.0111. The van der Waals surface area contributed by atoms with E-state index in [0.29, 0.717) is 55.5 Å². The van der Waals surface area contributed by atoms with Gasteiger partial charge in [0.05, 0.1) is 18.6 Å². The number of fused-ring (bicyclic) bond motifs is 2. The summed E-state index contributed by atoms with van der Waals surface area (Å²) in [5.41, 5.74) is 2.48. The summed E-state index contributed by atoms with van der Waals surface area (Å²) in [6, 6.07) is 7.34. The van der Waals surface area contributed by atoms with Crippen molar-refractivity contribution >= 4 is 11.6 Å². The molecule has 2 aliphatic rings. The summed E-state index contributed by atoms with van der Waals surface area (Å²) < 4.78 is 53.8. The van der Waals surface area contributed by atoms with Crippen LogP contribution in [0.4, 0.5) is 13.2 Å². The molecule has 4 aromatic heterocycles. The number of carboxylic acid groups (broad SMARTS) is 1. The fraction of sp³-hybridized carbons (Fsp3) is 0.469. The second-order valence-electron chi connectivity index (χ2n) is 12.6. The van der Waals surface area contributed by atoms with E-state index in [1.807, 2.05) is 25.1 Å². The van der Waals surface area contributed by atoms with Gasteiger partial charge in [-0.15, -0.1) is 10.2 Å². The average molecular weight is 625 g/mol. The smallest absolute Gasteiger partial charge is 0.452 e. The van der Waals surface area contributed by atoms with E-state index >= 15 is 0 Å². The van der Waals surface area contributed by atoms with E-state index in [1.165, 1.54) is 12.3 Å².